The summed E-state index contributed by atoms with van der Waals surface area (Å²) in [6.07, 6.45) is 4.85. The molecule has 0 bridgehead atoms. The fourth-order valence-electron chi connectivity index (χ4n) is 2.91. The molecule has 0 aliphatic carbocycles. The summed E-state index contributed by atoms with van der Waals surface area (Å²) >= 11 is 2.31. The molecule has 0 aliphatic rings. The number of hydrogen-bond acceptors (Lipinski definition) is 3. The fraction of sp³-hybridized carbons (Fsp3) is 0.750. The third-order valence-corrected chi connectivity index (χ3v) is 8.80. The number of hydrogen-bond donors (Lipinski definition) is 1. The lowest BCUT2D eigenvalue weighted by Gasteiger charge is -2.39. The normalized spacial score (nSPS) is 12.8. The molecule has 0 unspecified atom stereocenters. The molecule has 1 N–H and O–H groups in total. The first-order valence-corrected chi connectivity index (χ1v) is 10.9. The van der Waals surface area contributed by atoms with Gasteiger partial charge in [0.05, 0.1) is 20.7 Å². The topological polar surface area (TPSA) is 37.8 Å². The van der Waals surface area contributed by atoms with Gasteiger partial charge in [0.2, 0.25) is 0 Å². The summed E-state index contributed by atoms with van der Waals surface area (Å²) in [5, 5.41) is 4.31. The SMILES string of the molecule is CC(C)(C)[Si](CCCNc1cncc(CI)n1)C(C)(C)C. The molecule has 0 saturated heterocycles. The lowest BCUT2D eigenvalue weighted by molar-refractivity contribution is 0.632. The molecule has 0 aromatic carbocycles. The van der Waals surface area contributed by atoms with E-state index in [2.05, 4.69) is 79.4 Å². The van der Waals surface area contributed by atoms with Crippen molar-refractivity contribution in [1.29, 1.82) is 0 Å². The van der Waals surface area contributed by atoms with Gasteiger partial charge in [-0.25, -0.2) is 4.98 Å². The molecule has 1 aromatic rings. The molecule has 0 fully saturated rings. The van der Waals surface area contributed by atoms with Crippen molar-refractivity contribution >= 4 is 37.2 Å². The minimum absolute atomic E-state index is 0.419. The van der Waals surface area contributed by atoms with Crippen molar-refractivity contribution in [3.63, 3.8) is 0 Å². The maximum atomic E-state index is 4.53. The highest BCUT2D eigenvalue weighted by molar-refractivity contribution is 14.1. The molecule has 0 atom stereocenters. The number of aromatic nitrogens is 2. The highest BCUT2D eigenvalue weighted by Gasteiger charge is 2.35. The van der Waals surface area contributed by atoms with E-state index in [1.807, 2.05) is 12.4 Å². The zero-order chi connectivity index (χ0) is 16.1. The van der Waals surface area contributed by atoms with Crippen LogP contribution < -0.4 is 5.32 Å². The second-order valence-corrected chi connectivity index (χ2v) is 12.8. The molecule has 1 rings (SSSR count). The smallest absolute Gasteiger partial charge is 0.144 e. The van der Waals surface area contributed by atoms with Gasteiger partial charge in [-0.15, -0.1) is 0 Å². The Kier molecular flexibility index (Phi) is 7.10. The summed E-state index contributed by atoms with van der Waals surface area (Å²) in [7, 11) is -0.419. The maximum Gasteiger partial charge on any atom is 0.144 e. The lowest BCUT2D eigenvalue weighted by atomic mass is 10.2. The van der Waals surface area contributed by atoms with Crippen LogP contribution in [0.25, 0.3) is 0 Å². The van der Waals surface area contributed by atoms with E-state index < -0.39 is 8.80 Å². The predicted molar refractivity (Wildman–Crippen MR) is 103 cm³/mol. The summed E-state index contributed by atoms with van der Waals surface area (Å²) < 4.78 is 0.904. The number of rotatable bonds is 6. The zero-order valence-corrected chi connectivity index (χ0v) is 17.4. The van der Waals surface area contributed by atoms with E-state index in [9.17, 15) is 0 Å². The van der Waals surface area contributed by atoms with Crippen molar-refractivity contribution in [2.75, 3.05) is 11.9 Å². The number of anilines is 1. The Balaban J connectivity index is 2.48. The van der Waals surface area contributed by atoms with Gasteiger partial charge in [-0.1, -0.05) is 70.2 Å². The first-order chi connectivity index (χ1) is 9.64. The molecule has 0 aliphatic heterocycles. The van der Waals surface area contributed by atoms with Gasteiger partial charge in [0.1, 0.15) is 5.82 Å². The van der Waals surface area contributed by atoms with Crippen molar-refractivity contribution in [3.05, 3.63) is 18.1 Å². The fourth-order valence-corrected chi connectivity index (χ4v) is 7.56. The Morgan fingerprint density at radius 2 is 1.71 bits per heavy atom. The molecule has 1 heterocycles. The highest BCUT2D eigenvalue weighted by Crippen LogP contribution is 2.44. The van der Waals surface area contributed by atoms with Crippen LogP contribution in [-0.4, -0.2) is 25.3 Å². The van der Waals surface area contributed by atoms with E-state index in [0.29, 0.717) is 10.1 Å². The van der Waals surface area contributed by atoms with Gasteiger partial charge in [0.25, 0.3) is 0 Å². The minimum atomic E-state index is -0.419. The molecule has 119 valence electrons. The number of halogens is 1. The monoisotopic (exact) mass is 418 g/mol. The second kappa shape index (κ2) is 7.90. The van der Waals surface area contributed by atoms with E-state index in [-0.39, 0.29) is 0 Å². The summed E-state index contributed by atoms with van der Waals surface area (Å²) in [5.41, 5.74) is 1.04. The van der Waals surface area contributed by atoms with Crippen LogP contribution in [0.15, 0.2) is 12.4 Å². The Morgan fingerprint density at radius 3 is 2.24 bits per heavy atom. The van der Waals surface area contributed by atoms with Crippen LogP contribution in [0.4, 0.5) is 5.82 Å². The van der Waals surface area contributed by atoms with Crippen LogP contribution in [0.5, 0.6) is 0 Å². The Bertz CT molecular complexity index is 424. The molecule has 1 aromatic heterocycles. The number of nitrogens with zero attached hydrogens (tertiary/aromatic N) is 2. The molecule has 1 radical (unpaired) electrons. The third kappa shape index (κ3) is 6.63. The van der Waals surface area contributed by atoms with E-state index >= 15 is 0 Å². The van der Waals surface area contributed by atoms with Crippen molar-refractivity contribution in [2.45, 2.75) is 68.5 Å². The molecule has 0 amide bonds. The van der Waals surface area contributed by atoms with Gasteiger partial charge in [-0.3, -0.25) is 4.98 Å². The third-order valence-electron chi connectivity index (χ3n) is 3.54. The molecule has 0 saturated carbocycles. The van der Waals surface area contributed by atoms with E-state index in [4.69, 9.17) is 0 Å². The van der Waals surface area contributed by atoms with Crippen LogP contribution in [0, 0.1) is 0 Å². The van der Waals surface area contributed by atoms with Crippen molar-refractivity contribution in [3.8, 4) is 0 Å². The van der Waals surface area contributed by atoms with Gasteiger partial charge < -0.3 is 5.32 Å². The Morgan fingerprint density at radius 1 is 1.10 bits per heavy atom. The molecule has 3 nitrogen and oxygen atoms in total. The molecule has 0 spiro atoms. The van der Waals surface area contributed by atoms with Crippen molar-refractivity contribution < 1.29 is 0 Å². The second-order valence-electron chi connectivity index (χ2n) is 7.54. The van der Waals surface area contributed by atoms with Gasteiger partial charge >= 0.3 is 0 Å². The number of alkyl halides is 1. The van der Waals surface area contributed by atoms with Crippen LogP contribution in [-0.2, 0) is 4.43 Å². The summed E-state index contributed by atoms with van der Waals surface area (Å²) in [5.74, 6) is 0.907. The zero-order valence-electron chi connectivity index (χ0n) is 14.3. The van der Waals surface area contributed by atoms with Crippen molar-refractivity contribution in [1.82, 2.24) is 9.97 Å². The minimum Gasteiger partial charge on any atom is -0.369 e. The molecule has 21 heavy (non-hydrogen) atoms. The summed E-state index contributed by atoms with van der Waals surface area (Å²) in [4.78, 5) is 8.76. The standard InChI is InChI=1S/C16H29IN3Si/c1-15(2,3)21(16(4,5)6)9-7-8-19-14-12-18-11-13(10-17)20-14/h11-12H,7-10H2,1-6H3,(H,19,20). The Labute approximate surface area is 145 Å². The summed E-state index contributed by atoms with van der Waals surface area (Å²) in [6.45, 7) is 15.4. The first-order valence-electron chi connectivity index (χ1n) is 7.62. The lowest BCUT2D eigenvalue weighted by Crippen LogP contribution is -2.35. The quantitative estimate of drug-likeness (QED) is 0.295. The van der Waals surface area contributed by atoms with Gasteiger partial charge in [0, 0.05) is 17.2 Å². The van der Waals surface area contributed by atoms with Crippen LogP contribution in [0.1, 0.15) is 53.7 Å². The van der Waals surface area contributed by atoms with Crippen LogP contribution in [0.3, 0.4) is 0 Å². The van der Waals surface area contributed by atoms with Gasteiger partial charge in [-0.05, 0) is 16.5 Å². The van der Waals surface area contributed by atoms with E-state index in [0.717, 1.165) is 22.5 Å². The van der Waals surface area contributed by atoms with Crippen LogP contribution >= 0.6 is 22.6 Å². The van der Waals surface area contributed by atoms with Crippen LogP contribution in [0.2, 0.25) is 16.1 Å². The van der Waals surface area contributed by atoms with Gasteiger partial charge in [-0.2, -0.15) is 0 Å². The molecule has 5 heteroatoms. The maximum absolute atomic E-state index is 4.53. The molecular weight excluding hydrogens is 389 g/mol. The van der Waals surface area contributed by atoms with E-state index in [1.165, 1.54) is 12.5 Å². The average Bonchev–Trinajstić information content (AvgIpc) is 2.35. The largest absolute Gasteiger partial charge is 0.369 e. The first kappa shape index (κ1) is 18.9. The summed E-state index contributed by atoms with van der Waals surface area (Å²) in [6, 6.07) is 1.34. The average molecular weight is 418 g/mol. The number of nitrogens with one attached hydrogen (secondary N) is 1. The van der Waals surface area contributed by atoms with Crippen molar-refractivity contribution in [2.24, 2.45) is 0 Å². The van der Waals surface area contributed by atoms with E-state index in [1.54, 1.807) is 0 Å². The predicted octanol–water partition coefficient (Wildman–Crippen LogP) is 5.31. The molecular formula is C16H29IN3Si. The Hall–Kier alpha value is -0.173. The highest BCUT2D eigenvalue weighted by atomic mass is 127. The van der Waals surface area contributed by atoms with Gasteiger partial charge in [0.15, 0.2) is 0 Å².